The van der Waals surface area contributed by atoms with Crippen LogP contribution in [0.5, 0.6) is 11.5 Å². The first kappa shape index (κ1) is 11.9. The minimum absolute atomic E-state index is 0.182. The minimum Gasteiger partial charge on any atom is -0.507 e. The molecule has 0 aromatic heterocycles. The Morgan fingerprint density at radius 3 is 2.87 bits per heavy atom. The first-order valence-corrected chi connectivity index (χ1v) is 5.58. The smallest absolute Gasteiger partial charge is 0.130 e. The molecule has 83 valence electrons. The van der Waals surface area contributed by atoms with E-state index in [4.69, 9.17) is 4.74 Å². The highest BCUT2D eigenvalue weighted by Crippen LogP contribution is 2.25. The van der Waals surface area contributed by atoms with E-state index in [-0.39, 0.29) is 5.75 Å². The van der Waals surface area contributed by atoms with Crippen molar-refractivity contribution >= 4 is 0 Å². The van der Waals surface area contributed by atoms with Crippen molar-refractivity contribution in [3.05, 3.63) is 23.8 Å². The molecule has 1 aromatic rings. The third-order valence-corrected chi connectivity index (χ3v) is 2.44. The summed E-state index contributed by atoms with van der Waals surface area (Å²) in [6.07, 6.45) is 4.78. The molecule has 1 aromatic carbocycles. The van der Waals surface area contributed by atoms with Crippen molar-refractivity contribution in [2.24, 2.45) is 0 Å². The molecule has 2 nitrogen and oxygen atoms in total. The SMILES string of the molecule is CCCCCCOc1cc[c]c(O)c1C. The Balaban J connectivity index is 2.34. The third kappa shape index (κ3) is 3.82. The van der Waals surface area contributed by atoms with Crippen LogP contribution >= 0.6 is 0 Å². The molecule has 0 atom stereocenters. The van der Waals surface area contributed by atoms with Crippen LogP contribution in [0.4, 0.5) is 0 Å². The number of ether oxygens (including phenoxy) is 1. The van der Waals surface area contributed by atoms with Crippen molar-refractivity contribution in [2.45, 2.75) is 39.5 Å². The molecular formula is C13H19O2. The molecule has 0 spiro atoms. The third-order valence-electron chi connectivity index (χ3n) is 2.44. The summed E-state index contributed by atoms with van der Waals surface area (Å²) < 4.78 is 5.58. The Hall–Kier alpha value is -1.18. The van der Waals surface area contributed by atoms with E-state index in [1.807, 2.05) is 13.0 Å². The van der Waals surface area contributed by atoms with Crippen molar-refractivity contribution in [1.29, 1.82) is 0 Å². The number of hydrogen-bond donors (Lipinski definition) is 1. The molecule has 1 N–H and O–H groups in total. The Morgan fingerprint density at radius 1 is 1.33 bits per heavy atom. The van der Waals surface area contributed by atoms with Crippen molar-refractivity contribution < 1.29 is 9.84 Å². The number of rotatable bonds is 6. The van der Waals surface area contributed by atoms with Crippen molar-refractivity contribution in [1.82, 2.24) is 0 Å². The van der Waals surface area contributed by atoms with Gasteiger partial charge in [0, 0.05) is 11.6 Å². The molecule has 1 rings (SSSR count). The lowest BCUT2D eigenvalue weighted by molar-refractivity contribution is 0.301. The summed E-state index contributed by atoms with van der Waals surface area (Å²) in [4.78, 5) is 0. The maximum absolute atomic E-state index is 9.41. The predicted octanol–water partition coefficient (Wildman–Crippen LogP) is 3.46. The van der Waals surface area contributed by atoms with Crippen molar-refractivity contribution in [3.8, 4) is 11.5 Å². The largest absolute Gasteiger partial charge is 0.507 e. The zero-order chi connectivity index (χ0) is 11.1. The van der Waals surface area contributed by atoms with Gasteiger partial charge >= 0.3 is 0 Å². The summed E-state index contributed by atoms with van der Waals surface area (Å²) in [5.74, 6) is 0.948. The topological polar surface area (TPSA) is 29.5 Å². The second-order valence-electron chi connectivity index (χ2n) is 3.72. The van der Waals surface area contributed by atoms with Gasteiger partial charge in [0.2, 0.25) is 0 Å². The van der Waals surface area contributed by atoms with Crippen LogP contribution in [0.25, 0.3) is 0 Å². The van der Waals surface area contributed by atoms with Gasteiger partial charge < -0.3 is 9.84 Å². The zero-order valence-corrected chi connectivity index (χ0v) is 9.55. The van der Waals surface area contributed by atoms with Crippen LogP contribution in [0.1, 0.15) is 38.2 Å². The summed E-state index contributed by atoms with van der Waals surface area (Å²) in [6.45, 7) is 4.76. The van der Waals surface area contributed by atoms with Crippen LogP contribution in [-0.2, 0) is 0 Å². The monoisotopic (exact) mass is 207 g/mol. The van der Waals surface area contributed by atoms with Gasteiger partial charge in [-0.05, 0) is 25.5 Å². The number of hydrogen-bond acceptors (Lipinski definition) is 2. The number of phenolic OH excluding ortho intramolecular Hbond substituents is 1. The predicted molar refractivity (Wildman–Crippen MR) is 61.3 cm³/mol. The van der Waals surface area contributed by atoms with Crippen LogP contribution in [0, 0.1) is 13.0 Å². The molecule has 15 heavy (non-hydrogen) atoms. The van der Waals surface area contributed by atoms with Gasteiger partial charge in [-0.2, -0.15) is 0 Å². The van der Waals surface area contributed by atoms with E-state index in [2.05, 4.69) is 13.0 Å². The molecule has 1 radical (unpaired) electrons. The fourth-order valence-electron chi connectivity index (χ4n) is 1.41. The number of phenols is 1. The maximum atomic E-state index is 9.41. The average Bonchev–Trinajstić information content (AvgIpc) is 2.24. The van der Waals surface area contributed by atoms with Crippen LogP contribution in [0.3, 0.4) is 0 Å². The molecule has 0 unspecified atom stereocenters. The second kappa shape index (κ2) is 6.33. The lowest BCUT2D eigenvalue weighted by Gasteiger charge is -2.09. The molecule has 0 aliphatic rings. The van der Waals surface area contributed by atoms with Crippen molar-refractivity contribution in [2.75, 3.05) is 6.61 Å². The van der Waals surface area contributed by atoms with Gasteiger partial charge in [0.15, 0.2) is 0 Å². The van der Waals surface area contributed by atoms with Crippen molar-refractivity contribution in [3.63, 3.8) is 0 Å². The first-order chi connectivity index (χ1) is 7.25. The Morgan fingerprint density at radius 2 is 2.13 bits per heavy atom. The summed E-state index contributed by atoms with van der Waals surface area (Å²) >= 11 is 0. The molecule has 0 aliphatic heterocycles. The minimum atomic E-state index is 0.182. The van der Waals surface area contributed by atoms with E-state index in [1.165, 1.54) is 19.3 Å². The lowest BCUT2D eigenvalue weighted by atomic mass is 10.2. The Labute approximate surface area is 91.9 Å². The van der Waals surface area contributed by atoms with Crippen LogP contribution in [0.2, 0.25) is 0 Å². The Bertz CT molecular complexity index is 295. The van der Waals surface area contributed by atoms with Gasteiger partial charge in [-0.15, -0.1) is 0 Å². The van der Waals surface area contributed by atoms with Crippen LogP contribution in [-0.4, -0.2) is 11.7 Å². The van der Waals surface area contributed by atoms with Gasteiger partial charge in [-0.3, -0.25) is 0 Å². The zero-order valence-electron chi connectivity index (χ0n) is 9.55. The molecule has 0 saturated carbocycles. The number of aromatic hydroxyl groups is 1. The molecule has 0 amide bonds. The van der Waals surface area contributed by atoms with E-state index in [9.17, 15) is 5.11 Å². The van der Waals surface area contributed by atoms with Crippen LogP contribution in [0.15, 0.2) is 12.1 Å². The van der Waals surface area contributed by atoms with E-state index in [1.54, 1.807) is 6.07 Å². The summed E-state index contributed by atoms with van der Waals surface area (Å²) in [5, 5.41) is 9.41. The maximum Gasteiger partial charge on any atom is 0.130 e. The van der Waals surface area contributed by atoms with E-state index >= 15 is 0 Å². The molecular weight excluding hydrogens is 188 g/mol. The highest BCUT2D eigenvalue weighted by Gasteiger charge is 2.03. The molecule has 0 bridgehead atoms. The molecule has 0 saturated heterocycles. The molecule has 0 heterocycles. The highest BCUT2D eigenvalue weighted by atomic mass is 16.5. The summed E-state index contributed by atoms with van der Waals surface area (Å²) in [7, 11) is 0. The fourth-order valence-corrected chi connectivity index (χ4v) is 1.41. The molecule has 2 heteroatoms. The average molecular weight is 207 g/mol. The molecule has 0 fully saturated rings. The standard InChI is InChI=1S/C13H19O2/c1-3-4-5-6-10-15-13-9-7-8-12(14)11(13)2/h7,9,14H,3-6,10H2,1-2H3. The van der Waals surface area contributed by atoms with Gasteiger partial charge in [0.25, 0.3) is 0 Å². The number of unbranched alkanes of at least 4 members (excludes halogenated alkanes) is 3. The van der Waals surface area contributed by atoms with Crippen LogP contribution < -0.4 is 4.74 Å². The van der Waals surface area contributed by atoms with Gasteiger partial charge in [0.1, 0.15) is 11.5 Å². The van der Waals surface area contributed by atoms with E-state index in [0.29, 0.717) is 0 Å². The normalized spacial score (nSPS) is 10.3. The second-order valence-corrected chi connectivity index (χ2v) is 3.72. The summed E-state index contributed by atoms with van der Waals surface area (Å²) in [6, 6.07) is 6.25. The lowest BCUT2D eigenvalue weighted by Crippen LogP contribution is -1.98. The fraction of sp³-hybridized carbons (Fsp3) is 0.538. The molecule has 0 aliphatic carbocycles. The number of benzene rings is 1. The highest BCUT2D eigenvalue weighted by molar-refractivity contribution is 5.41. The summed E-state index contributed by atoms with van der Waals surface area (Å²) in [5.41, 5.74) is 0.771. The quantitative estimate of drug-likeness (QED) is 0.724. The van der Waals surface area contributed by atoms with E-state index < -0.39 is 0 Å². The Kier molecular flexibility index (Phi) is 5.02. The van der Waals surface area contributed by atoms with Gasteiger partial charge in [-0.25, -0.2) is 0 Å². The van der Waals surface area contributed by atoms with E-state index in [0.717, 1.165) is 24.3 Å². The van der Waals surface area contributed by atoms with Gasteiger partial charge in [-0.1, -0.05) is 26.2 Å². The first-order valence-electron chi connectivity index (χ1n) is 5.58. The van der Waals surface area contributed by atoms with Gasteiger partial charge in [0.05, 0.1) is 6.61 Å².